The van der Waals surface area contributed by atoms with Crippen LogP contribution in [0.2, 0.25) is 5.02 Å². The van der Waals surface area contributed by atoms with E-state index in [0.717, 1.165) is 31.2 Å². The molecule has 0 saturated heterocycles. The van der Waals surface area contributed by atoms with E-state index in [9.17, 15) is 19.3 Å². The van der Waals surface area contributed by atoms with Gasteiger partial charge in [-0.15, -0.1) is 10.1 Å². The van der Waals surface area contributed by atoms with E-state index in [4.69, 9.17) is 22.4 Å². The number of hydrogen-bond acceptors (Lipinski definition) is 6. The molecule has 0 bridgehead atoms. The molecule has 0 heterocycles. The zero-order chi connectivity index (χ0) is 23.2. The number of carboxylic acid groups (broad SMARTS) is 1. The third-order valence-corrected chi connectivity index (χ3v) is 4.43. The molecule has 0 aliphatic rings. The van der Waals surface area contributed by atoms with Crippen molar-refractivity contribution < 1.29 is 24.2 Å². The number of nitrogens with zero attached hydrogens (tertiary/aromatic N) is 1. The molecule has 0 radical (unpaired) electrons. The Hall–Kier alpha value is -2.91. The van der Waals surface area contributed by atoms with Crippen LogP contribution < -0.4 is 11.1 Å². The first-order chi connectivity index (χ1) is 14.7. The van der Waals surface area contributed by atoms with E-state index >= 15 is 0 Å². The summed E-state index contributed by atoms with van der Waals surface area (Å²) in [5, 5.41) is 20.9. The van der Waals surface area contributed by atoms with Gasteiger partial charge in [0.25, 0.3) is 5.09 Å². The van der Waals surface area contributed by atoms with Gasteiger partial charge in [0.05, 0.1) is 23.7 Å². The summed E-state index contributed by atoms with van der Waals surface area (Å²) in [6.45, 7) is 2.76. The predicted octanol–water partition coefficient (Wildman–Crippen LogP) is 4.87. The number of para-hydroxylation sites is 1. The number of benzene rings is 2. The number of unbranched alkanes of at least 4 members (excludes halogenated alkanes) is 3. The van der Waals surface area contributed by atoms with E-state index in [1.807, 2.05) is 13.0 Å². The summed E-state index contributed by atoms with van der Waals surface area (Å²) in [5.74, 6) is -1.43. The van der Waals surface area contributed by atoms with Crippen LogP contribution in [0.3, 0.4) is 0 Å². The summed E-state index contributed by atoms with van der Waals surface area (Å²) in [6.07, 6.45) is 3.55. The van der Waals surface area contributed by atoms with Gasteiger partial charge >= 0.3 is 5.97 Å². The Bertz CT molecular complexity index is 847. The van der Waals surface area contributed by atoms with Crippen molar-refractivity contribution in [3.8, 4) is 0 Å². The molecular weight excluding hydrogens is 429 g/mol. The maximum atomic E-state index is 13.7. The van der Waals surface area contributed by atoms with Crippen LogP contribution in [0.15, 0.2) is 36.4 Å². The minimum Gasteiger partial charge on any atom is -0.481 e. The van der Waals surface area contributed by atoms with Crippen molar-refractivity contribution in [2.45, 2.75) is 39.0 Å². The number of halogens is 2. The molecule has 0 aromatic heterocycles. The SMILES string of the molecule is Cc1ccc(Nc2c(F)cccc2Cl)c(CC(=O)O)c1.NCCCCCCO[N+](=O)[O-]. The number of carbonyl (C=O) groups is 1. The lowest BCUT2D eigenvalue weighted by Gasteiger charge is -2.13. The second-order valence-corrected chi connectivity index (χ2v) is 7.12. The monoisotopic (exact) mass is 455 g/mol. The van der Waals surface area contributed by atoms with E-state index in [1.165, 1.54) is 12.1 Å². The number of anilines is 2. The Morgan fingerprint density at radius 1 is 1.26 bits per heavy atom. The van der Waals surface area contributed by atoms with Crippen molar-refractivity contribution in [2.75, 3.05) is 18.5 Å². The van der Waals surface area contributed by atoms with Crippen LogP contribution in [-0.2, 0) is 16.1 Å². The van der Waals surface area contributed by atoms with Crippen molar-refractivity contribution >= 4 is 28.9 Å². The summed E-state index contributed by atoms with van der Waals surface area (Å²) >= 11 is 5.95. The van der Waals surface area contributed by atoms with Crippen LogP contribution in [0.5, 0.6) is 0 Å². The van der Waals surface area contributed by atoms with Gasteiger partial charge in [0.15, 0.2) is 0 Å². The maximum Gasteiger partial charge on any atom is 0.307 e. The number of hydrogen-bond donors (Lipinski definition) is 3. The Balaban J connectivity index is 0.000000373. The Labute approximate surface area is 185 Å². The molecule has 2 aromatic rings. The smallest absolute Gasteiger partial charge is 0.307 e. The predicted molar refractivity (Wildman–Crippen MR) is 118 cm³/mol. The summed E-state index contributed by atoms with van der Waals surface area (Å²) in [4.78, 5) is 24.7. The highest BCUT2D eigenvalue weighted by atomic mass is 35.5. The molecule has 0 fully saturated rings. The van der Waals surface area contributed by atoms with E-state index in [-0.39, 0.29) is 23.7 Å². The molecule has 0 unspecified atom stereocenters. The highest BCUT2D eigenvalue weighted by Gasteiger charge is 2.11. The fourth-order valence-electron chi connectivity index (χ4n) is 2.64. The molecule has 4 N–H and O–H groups in total. The lowest BCUT2D eigenvalue weighted by Crippen LogP contribution is -2.05. The van der Waals surface area contributed by atoms with Crippen LogP contribution in [0.25, 0.3) is 0 Å². The molecule has 0 amide bonds. The van der Waals surface area contributed by atoms with Gasteiger partial charge in [0.1, 0.15) is 5.82 Å². The molecule has 0 atom stereocenters. The summed E-state index contributed by atoms with van der Waals surface area (Å²) < 4.78 is 13.7. The number of rotatable bonds is 11. The third-order valence-electron chi connectivity index (χ3n) is 4.12. The van der Waals surface area contributed by atoms with Gasteiger partial charge in [0, 0.05) is 5.69 Å². The summed E-state index contributed by atoms with van der Waals surface area (Å²) in [7, 11) is 0. The zero-order valence-corrected chi connectivity index (χ0v) is 18.0. The van der Waals surface area contributed by atoms with Crippen molar-refractivity contribution in [3.63, 3.8) is 0 Å². The third kappa shape index (κ3) is 10.6. The van der Waals surface area contributed by atoms with Gasteiger partial charge < -0.3 is 21.0 Å². The van der Waals surface area contributed by atoms with E-state index < -0.39 is 16.9 Å². The highest BCUT2D eigenvalue weighted by Crippen LogP contribution is 2.30. The van der Waals surface area contributed by atoms with Crippen molar-refractivity contribution in [2.24, 2.45) is 5.73 Å². The molecule has 2 aromatic carbocycles. The quantitative estimate of drug-likeness (QED) is 0.250. The standard InChI is InChI=1S/C15H13ClFNO2.C6H14N2O3/c1-9-5-6-13(10(7-9)8-14(19)20)18-15-11(16)3-2-4-12(15)17;7-5-3-1-2-4-6-11-8(9)10/h2-7,18H,8H2,1H3,(H,19,20);1-7H2. The van der Waals surface area contributed by atoms with Gasteiger partial charge in [-0.05, 0) is 50.1 Å². The fourth-order valence-corrected chi connectivity index (χ4v) is 2.85. The largest absolute Gasteiger partial charge is 0.481 e. The lowest BCUT2D eigenvalue weighted by atomic mass is 10.1. The molecule has 170 valence electrons. The number of nitrogens with two attached hydrogens (primary N) is 1. The molecule has 2 rings (SSSR count). The summed E-state index contributed by atoms with van der Waals surface area (Å²) in [6, 6.07) is 9.66. The Morgan fingerprint density at radius 2 is 1.97 bits per heavy atom. The van der Waals surface area contributed by atoms with Gasteiger partial charge in [-0.3, -0.25) is 4.79 Å². The van der Waals surface area contributed by atoms with Crippen LogP contribution in [0.1, 0.15) is 36.8 Å². The topological polar surface area (TPSA) is 128 Å². The molecule has 10 heteroatoms. The van der Waals surface area contributed by atoms with Gasteiger partial charge in [0.2, 0.25) is 0 Å². The van der Waals surface area contributed by atoms with E-state index in [0.29, 0.717) is 17.8 Å². The number of nitrogens with one attached hydrogen (secondary N) is 1. The van der Waals surface area contributed by atoms with Gasteiger partial charge in [-0.1, -0.05) is 48.2 Å². The second kappa shape index (κ2) is 14.2. The van der Waals surface area contributed by atoms with Crippen LogP contribution in [-0.4, -0.2) is 29.3 Å². The van der Waals surface area contributed by atoms with Crippen LogP contribution >= 0.6 is 11.6 Å². The number of aliphatic carboxylic acids is 1. The van der Waals surface area contributed by atoms with Gasteiger partial charge in [-0.2, -0.15) is 0 Å². The summed E-state index contributed by atoms with van der Waals surface area (Å²) in [5.41, 5.74) is 7.44. The van der Waals surface area contributed by atoms with Crippen LogP contribution in [0, 0.1) is 22.9 Å². The number of aryl methyl sites for hydroxylation is 1. The first-order valence-corrected chi connectivity index (χ1v) is 10.1. The van der Waals surface area contributed by atoms with E-state index in [1.54, 1.807) is 18.2 Å². The Kier molecular flexibility index (Phi) is 11.9. The zero-order valence-electron chi connectivity index (χ0n) is 17.3. The Morgan fingerprint density at radius 3 is 2.58 bits per heavy atom. The average Bonchev–Trinajstić information content (AvgIpc) is 2.69. The van der Waals surface area contributed by atoms with Crippen LogP contribution in [0.4, 0.5) is 15.8 Å². The molecule has 0 saturated carbocycles. The molecule has 31 heavy (non-hydrogen) atoms. The lowest BCUT2D eigenvalue weighted by molar-refractivity contribution is -0.757. The molecule has 8 nitrogen and oxygen atoms in total. The fraction of sp³-hybridized carbons (Fsp3) is 0.381. The maximum absolute atomic E-state index is 13.7. The van der Waals surface area contributed by atoms with Crippen molar-refractivity contribution in [3.05, 3.63) is 68.5 Å². The van der Waals surface area contributed by atoms with Crippen molar-refractivity contribution in [1.82, 2.24) is 0 Å². The average molecular weight is 456 g/mol. The van der Waals surface area contributed by atoms with E-state index in [2.05, 4.69) is 10.2 Å². The molecule has 0 spiro atoms. The minimum absolute atomic E-state index is 0.143. The highest BCUT2D eigenvalue weighted by molar-refractivity contribution is 6.33. The van der Waals surface area contributed by atoms with Gasteiger partial charge in [-0.25, -0.2) is 4.39 Å². The minimum atomic E-state index is -0.946. The number of carboxylic acids is 1. The first-order valence-electron chi connectivity index (χ1n) is 9.74. The second-order valence-electron chi connectivity index (χ2n) is 6.71. The molecular formula is C21H27ClFN3O5. The van der Waals surface area contributed by atoms with Crippen molar-refractivity contribution in [1.29, 1.82) is 0 Å². The molecule has 0 aliphatic heterocycles. The normalized spacial score (nSPS) is 10.1. The first kappa shape index (κ1) is 26.1. The molecule has 0 aliphatic carbocycles.